The molecule has 2 N–H and O–H groups in total. The van der Waals surface area contributed by atoms with Gasteiger partial charge in [0.15, 0.2) is 5.78 Å². The standard InChI is InChI=1S/C19H22N2O3/c22-10-9-21(13-15-4-2-1-3-5-15)14-18(23)16-6-7-19-17(12-16)20-8-11-24-19/h1-7,12,20,22H,8-11,13-14H2. The maximum Gasteiger partial charge on any atom is 0.176 e. The van der Waals surface area contributed by atoms with E-state index in [1.54, 1.807) is 6.07 Å². The van der Waals surface area contributed by atoms with Crippen molar-refractivity contribution in [2.24, 2.45) is 0 Å². The number of anilines is 1. The van der Waals surface area contributed by atoms with Crippen molar-refractivity contribution in [3.63, 3.8) is 0 Å². The molecular formula is C19H22N2O3. The molecule has 0 saturated carbocycles. The van der Waals surface area contributed by atoms with Crippen LogP contribution in [0.5, 0.6) is 5.75 Å². The molecule has 0 fully saturated rings. The molecular weight excluding hydrogens is 304 g/mol. The summed E-state index contributed by atoms with van der Waals surface area (Å²) in [7, 11) is 0. The van der Waals surface area contributed by atoms with Crippen LogP contribution in [0, 0.1) is 0 Å². The molecule has 5 nitrogen and oxygen atoms in total. The maximum absolute atomic E-state index is 12.6. The smallest absolute Gasteiger partial charge is 0.176 e. The Morgan fingerprint density at radius 3 is 2.83 bits per heavy atom. The average Bonchev–Trinajstić information content (AvgIpc) is 2.62. The lowest BCUT2D eigenvalue weighted by molar-refractivity contribution is 0.0908. The molecule has 1 aliphatic rings. The highest BCUT2D eigenvalue weighted by Gasteiger charge is 2.16. The molecule has 3 rings (SSSR count). The lowest BCUT2D eigenvalue weighted by atomic mass is 10.1. The molecule has 126 valence electrons. The van der Waals surface area contributed by atoms with E-state index < -0.39 is 0 Å². The Kier molecular flexibility index (Phi) is 5.46. The number of nitrogens with zero attached hydrogens (tertiary/aromatic N) is 1. The molecule has 0 saturated heterocycles. The van der Waals surface area contributed by atoms with E-state index in [9.17, 15) is 9.90 Å². The summed E-state index contributed by atoms with van der Waals surface area (Å²) in [6.07, 6.45) is 0. The fourth-order valence-electron chi connectivity index (χ4n) is 2.81. The number of nitrogens with one attached hydrogen (secondary N) is 1. The minimum absolute atomic E-state index is 0.0275. The molecule has 1 aliphatic heterocycles. The van der Waals surface area contributed by atoms with Gasteiger partial charge >= 0.3 is 0 Å². The van der Waals surface area contributed by atoms with Crippen molar-refractivity contribution in [3.05, 3.63) is 59.7 Å². The Bertz CT molecular complexity index is 688. The maximum atomic E-state index is 12.6. The third kappa shape index (κ3) is 4.13. The van der Waals surface area contributed by atoms with Gasteiger partial charge in [-0.05, 0) is 23.8 Å². The first-order valence-electron chi connectivity index (χ1n) is 8.17. The molecule has 0 unspecified atom stereocenters. The first kappa shape index (κ1) is 16.5. The number of hydrogen-bond acceptors (Lipinski definition) is 5. The van der Waals surface area contributed by atoms with Crippen molar-refractivity contribution in [2.45, 2.75) is 6.54 Å². The van der Waals surface area contributed by atoms with Crippen molar-refractivity contribution in [1.29, 1.82) is 0 Å². The first-order chi connectivity index (χ1) is 11.8. The van der Waals surface area contributed by atoms with Crippen molar-refractivity contribution >= 4 is 11.5 Å². The van der Waals surface area contributed by atoms with Crippen LogP contribution in [0.3, 0.4) is 0 Å². The topological polar surface area (TPSA) is 61.8 Å². The monoisotopic (exact) mass is 326 g/mol. The van der Waals surface area contributed by atoms with Crippen LogP contribution in [0.15, 0.2) is 48.5 Å². The summed E-state index contributed by atoms with van der Waals surface area (Å²) in [6, 6.07) is 15.4. The first-order valence-corrected chi connectivity index (χ1v) is 8.17. The number of aliphatic hydroxyl groups is 1. The molecule has 0 amide bonds. The van der Waals surface area contributed by atoms with Gasteiger partial charge < -0.3 is 15.2 Å². The summed E-state index contributed by atoms with van der Waals surface area (Å²) in [5, 5.41) is 12.5. The van der Waals surface area contributed by atoms with E-state index in [-0.39, 0.29) is 18.9 Å². The second-order valence-corrected chi connectivity index (χ2v) is 5.83. The number of rotatable bonds is 7. The predicted octanol–water partition coefficient (Wildman–Crippen LogP) is 2.17. The molecule has 0 radical (unpaired) electrons. The summed E-state index contributed by atoms with van der Waals surface area (Å²) >= 11 is 0. The SMILES string of the molecule is O=C(CN(CCO)Cc1ccccc1)c1ccc2c(c1)NCCO2. The van der Waals surface area contributed by atoms with Crippen molar-refractivity contribution in [2.75, 3.05) is 38.2 Å². The third-order valence-electron chi connectivity index (χ3n) is 4.01. The van der Waals surface area contributed by atoms with Crippen LogP contribution in [-0.4, -0.2) is 48.6 Å². The van der Waals surface area contributed by atoms with Crippen molar-refractivity contribution in [3.8, 4) is 5.75 Å². The minimum atomic E-state index is 0.0275. The number of ketones is 1. The normalized spacial score (nSPS) is 13.1. The highest BCUT2D eigenvalue weighted by molar-refractivity contribution is 5.98. The summed E-state index contributed by atoms with van der Waals surface area (Å²) < 4.78 is 5.54. The fourth-order valence-corrected chi connectivity index (χ4v) is 2.81. The van der Waals surface area contributed by atoms with Gasteiger partial charge in [0.05, 0.1) is 18.8 Å². The van der Waals surface area contributed by atoms with Crippen LogP contribution in [-0.2, 0) is 6.54 Å². The highest BCUT2D eigenvalue weighted by atomic mass is 16.5. The molecule has 0 bridgehead atoms. The van der Waals surface area contributed by atoms with Crippen LogP contribution >= 0.6 is 0 Å². The van der Waals surface area contributed by atoms with E-state index in [0.717, 1.165) is 23.5 Å². The molecule has 1 heterocycles. The van der Waals surface area contributed by atoms with Crippen molar-refractivity contribution in [1.82, 2.24) is 4.90 Å². The van der Waals surface area contributed by atoms with Gasteiger partial charge in [0.25, 0.3) is 0 Å². The summed E-state index contributed by atoms with van der Waals surface area (Å²) in [4.78, 5) is 14.6. The van der Waals surface area contributed by atoms with E-state index in [4.69, 9.17) is 4.74 Å². The van der Waals surface area contributed by atoms with Gasteiger partial charge in [-0.15, -0.1) is 0 Å². The van der Waals surface area contributed by atoms with Crippen LogP contribution in [0.4, 0.5) is 5.69 Å². The number of fused-ring (bicyclic) bond motifs is 1. The van der Waals surface area contributed by atoms with Crippen LogP contribution in [0.25, 0.3) is 0 Å². The molecule has 5 heteroatoms. The number of Topliss-reactive ketones (excluding diaryl/α,β-unsaturated/α-hetero) is 1. The largest absolute Gasteiger partial charge is 0.490 e. The van der Waals surface area contributed by atoms with Gasteiger partial charge in [0.2, 0.25) is 0 Å². The number of carbonyl (C=O) groups is 1. The van der Waals surface area contributed by atoms with Gasteiger partial charge in [-0.25, -0.2) is 0 Å². The predicted molar refractivity (Wildman–Crippen MR) is 93.6 cm³/mol. The second kappa shape index (κ2) is 7.95. The quantitative estimate of drug-likeness (QED) is 0.764. The molecule has 0 aromatic heterocycles. The lowest BCUT2D eigenvalue weighted by Gasteiger charge is -2.22. The molecule has 0 aliphatic carbocycles. The van der Waals surface area contributed by atoms with Crippen LogP contribution < -0.4 is 10.1 Å². The zero-order valence-electron chi connectivity index (χ0n) is 13.6. The van der Waals surface area contributed by atoms with E-state index in [1.165, 1.54) is 0 Å². The third-order valence-corrected chi connectivity index (χ3v) is 4.01. The van der Waals surface area contributed by atoms with Crippen molar-refractivity contribution < 1.29 is 14.6 Å². The number of aliphatic hydroxyl groups excluding tert-OH is 1. The van der Waals surface area contributed by atoms with Gasteiger partial charge in [-0.2, -0.15) is 0 Å². The lowest BCUT2D eigenvalue weighted by Crippen LogP contribution is -2.32. The Labute approximate surface area is 141 Å². The number of ether oxygens (including phenoxy) is 1. The fraction of sp³-hybridized carbons (Fsp3) is 0.316. The van der Waals surface area contributed by atoms with Crippen LogP contribution in [0.2, 0.25) is 0 Å². The number of carbonyl (C=O) groups excluding carboxylic acids is 1. The van der Waals surface area contributed by atoms with E-state index in [0.29, 0.717) is 25.3 Å². The van der Waals surface area contributed by atoms with Gasteiger partial charge in [-0.3, -0.25) is 9.69 Å². The molecule has 24 heavy (non-hydrogen) atoms. The zero-order valence-corrected chi connectivity index (χ0v) is 13.6. The Balaban J connectivity index is 1.69. The summed E-state index contributed by atoms with van der Waals surface area (Å²) in [5.74, 6) is 0.823. The van der Waals surface area contributed by atoms with E-state index >= 15 is 0 Å². The van der Waals surface area contributed by atoms with Crippen LogP contribution in [0.1, 0.15) is 15.9 Å². The average molecular weight is 326 g/mol. The number of benzene rings is 2. The van der Waals surface area contributed by atoms with Gasteiger partial charge in [-0.1, -0.05) is 30.3 Å². The van der Waals surface area contributed by atoms with Gasteiger partial charge in [0.1, 0.15) is 12.4 Å². The Morgan fingerprint density at radius 1 is 1.21 bits per heavy atom. The second-order valence-electron chi connectivity index (χ2n) is 5.83. The molecule has 2 aromatic carbocycles. The Hall–Kier alpha value is -2.37. The summed E-state index contributed by atoms with van der Waals surface area (Å²) in [5.41, 5.74) is 2.64. The number of hydrogen-bond donors (Lipinski definition) is 2. The Morgan fingerprint density at radius 2 is 2.04 bits per heavy atom. The minimum Gasteiger partial charge on any atom is -0.490 e. The van der Waals surface area contributed by atoms with Gasteiger partial charge in [0, 0.05) is 25.2 Å². The summed E-state index contributed by atoms with van der Waals surface area (Å²) in [6.45, 7) is 2.79. The molecule has 0 spiro atoms. The molecule has 2 aromatic rings. The molecule has 0 atom stereocenters. The zero-order chi connectivity index (χ0) is 16.8. The highest BCUT2D eigenvalue weighted by Crippen LogP contribution is 2.28. The van der Waals surface area contributed by atoms with E-state index in [1.807, 2.05) is 47.4 Å². The van der Waals surface area contributed by atoms with E-state index in [2.05, 4.69) is 5.32 Å².